The van der Waals surface area contributed by atoms with Gasteiger partial charge in [0.2, 0.25) is 0 Å². The molecule has 0 bridgehead atoms. The molecule has 0 amide bonds. The van der Waals surface area contributed by atoms with Crippen molar-refractivity contribution < 1.29 is 46.6 Å². The van der Waals surface area contributed by atoms with E-state index in [2.05, 4.69) is 102 Å². The van der Waals surface area contributed by atoms with Crippen molar-refractivity contribution in [2.24, 2.45) is 9.98 Å². The van der Waals surface area contributed by atoms with Crippen LogP contribution >= 0.6 is 0 Å². The van der Waals surface area contributed by atoms with E-state index >= 15 is 0 Å². The summed E-state index contributed by atoms with van der Waals surface area (Å²) in [6.45, 7) is 28.8. The van der Waals surface area contributed by atoms with Gasteiger partial charge in [-0.3, -0.25) is 24.4 Å². The number of carboxylic acid groups (broad SMARTS) is 2. The summed E-state index contributed by atoms with van der Waals surface area (Å²) in [5, 5.41) is 36.6. The van der Waals surface area contributed by atoms with Gasteiger partial charge in [-0.1, -0.05) is 68.4 Å². The number of nitrogens with zero attached hydrogens (tertiary/aromatic N) is 5. The van der Waals surface area contributed by atoms with Gasteiger partial charge in [-0.05, 0) is 59.4 Å². The van der Waals surface area contributed by atoms with Gasteiger partial charge in [0.15, 0.2) is 0 Å². The standard InChI is InChI=1S/C37H55N5O2.CH2O3.Co/c1-34(2,3)28-17-25(31(43)27(19-28)23-42-16-15-41-14-13-40(12)33(41)42)21-38-24-37(10,11)39-22-26-18-29(35(4,5)6)20-30(32(26)44)36(7,8)9;2-1(3)4;/h17-22H,13-16,23-24H2,1-12H3,(H-,38,39,43,44);(H2,2,3,4);/p+1. The SMILES string of the molecule is C[N+]1=C2N(CCN2Cc2cc(C(C)(C)C)cc(C=NCC(C)(C)N=Cc3cc(C(C)(C)C)cc(C(C)(C)C)c3O)c2O)CC1.O=C(O)O.[Co]. The van der Waals surface area contributed by atoms with Gasteiger partial charge in [-0.15, -0.1) is 0 Å². The largest absolute Gasteiger partial charge is 0.507 e. The molecule has 2 heterocycles. The number of carbonyl (C=O) groups is 1. The number of hydrogen-bond acceptors (Lipinski definition) is 7. The predicted molar refractivity (Wildman–Crippen MR) is 195 cm³/mol. The normalized spacial score (nSPS) is 15.5. The van der Waals surface area contributed by atoms with E-state index in [0.717, 1.165) is 48.4 Å². The summed E-state index contributed by atoms with van der Waals surface area (Å²) in [6.07, 6.45) is 1.76. The van der Waals surface area contributed by atoms with Gasteiger partial charge in [0.25, 0.3) is 0 Å². The number of rotatable bonds is 7. The van der Waals surface area contributed by atoms with E-state index in [4.69, 9.17) is 25.0 Å². The average molecular weight is 724 g/mol. The number of fused-ring (bicyclic) bond motifs is 1. The number of aromatic hydroxyl groups is 2. The third kappa shape index (κ3) is 11.0. The molecule has 2 aliphatic heterocycles. The first-order valence-electron chi connectivity index (χ1n) is 16.7. The van der Waals surface area contributed by atoms with Gasteiger partial charge >= 0.3 is 12.1 Å². The monoisotopic (exact) mass is 723 g/mol. The Kier molecular flexibility index (Phi) is 13.2. The zero-order valence-electron chi connectivity index (χ0n) is 31.5. The molecule has 0 saturated carbocycles. The Hall–Kier alpha value is -3.57. The molecule has 1 radical (unpaired) electrons. The molecule has 2 aliphatic rings. The fraction of sp³-hybridized carbons (Fsp3) is 0.579. The second-order valence-electron chi connectivity index (χ2n) is 16.7. The molecule has 0 spiro atoms. The van der Waals surface area contributed by atoms with E-state index in [9.17, 15) is 10.2 Å². The topological polar surface area (TPSA) is 132 Å². The van der Waals surface area contributed by atoms with E-state index in [-0.39, 0.29) is 38.8 Å². The molecule has 49 heavy (non-hydrogen) atoms. The smallest absolute Gasteiger partial charge is 0.503 e. The summed E-state index contributed by atoms with van der Waals surface area (Å²) < 4.78 is 2.31. The summed E-state index contributed by atoms with van der Waals surface area (Å²) in [5.41, 5.74) is 4.82. The number of likely N-dealkylation sites (N-methyl/N-ethyl adjacent to an activating group) is 1. The minimum atomic E-state index is -1.83. The maximum Gasteiger partial charge on any atom is 0.503 e. The van der Waals surface area contributed by atoms with Crippen LogP contribution in [0.2, 0.25) is 0 Å². The predicted octanol–water partition coefficient (Wildman–Crippen LogP) is 6.66. The molecule has 1 saturated heterocycles. The quantitative estimate of drug-likeness (QED) is 0.186. The van der Waals surface area contributed by atoms with Crippen LogP contribution in [0.4, 0.5) is 4.79 Å². The number of phenols is 2. The molecule has 0 aromatic heterocycles. The molecule has 11 heteroatoms. The van der Waals surface area contributed by atoms with Crippen LogP contribution in [0.5, 0.6) is 11.5 Å². The maximum atomic E-state index is 11.4. The van der Waals surface area contributed by atoms with Gasteiger partial charge in [0.05, 0.1) is 51.9 Å². The molecular weight excluding hydrogens is 665 g/mol. The molecule has 4 N–H and O–H groups in total. The molecule has 2 aromatic carbocycles. The van der Waals surface area contributed by atoms with Gasteiger partial charge in [0.1, 0.15) is 11.5 Å². The van der Waals surface area contributed by atoms with Crippen molar-refractivity contribution in [1.82, 2.24) is 9.80 Å². The van der Waals surface area contributed by atoms with Gasteiger partial charge in [0, 0.05) is 51.5 Å². The summed E-state index contributed by atoms with van der Waals surface area (Å²) >= 11 is 0. The molecule has 2 aromatic rings. The number of hydrogen-bond donors (Lipinski definition) is 4. The van der Waals surface area contributed by atoms with E-state index in [1.807, 2.05) is 19.9 Å². The summed E-state index contributed by atoms with van der Waals surface area (Å²) in [6, 6.07) is 8.39. The fourth-order valence-electron chi connectivity index (χ4n) is 5.85. The molecule has 0 atom stereocenters. The van der Waals surface area contributed by atoms with Crippen LogP contribution in [0.3, 0.4) is 0 Å². The number of benzene rings is 2. The van der Waals surface area contributed by atoms with E-state index < -0.39 is 11.7 Å². The zero-order valence-corrected chi connectivity index (χ0v) is 32.5. The Balaban J connectivity index is 0.00000158. The first kappa shape index (κ1) is 41.6. The third-order valence-corrected chi connectivity index (χ3v) is 8.77. The number of aliphatic imine (C=N–C) groups is 2. The molecule has 0 unspecified atom stereocenters. The second kappa shape index (κ2) is 15.5. The zero-order chi connectivity index (χ0) is 36.4. The van der Waals surface area contributed by atoms with Crippen molar-refractivity contribution in [2.45, 2.75) is 104 Å². The van der Waals surface area contributed by atoms with Gasteiger partial charge < -0.3 is 20.4 Å². The van der Waals surface area contributed by atoms with Crippen LogP contribution in [0, 0.1) is 0 Å². The number of phenolic OH excluding ortho intramolecular Hbond substituents is 2. The van der Waals surface area contributed by atoms with E-state index in [1.54, 1.807) is 12.4 Å². The molecule has 0 aliphatic carbocycles. The van der Waals surface area contributed by atoms with Crippen LogP contribution in [0.15, 0.2) is 34.3 Å². The van der Waals surface area contributed by atoms with Crippen LogP contribution < -0.4 is 0 Å². The van der Waals surface area contributed by atoms with Crippen LogP contribution in [0.1, 0.15) is 110 Å². The first-order chi connectivity index (χ1) is 21.9. The minimum Gasteiger partial charge on any atom is -0.507 e. The van der Waals surface area contributed by atoms with Crippen molar-refractivity contribution in [2.75, 3.05) is 39.8 Å². The average Bonchev–Trinajstić information content (AvgIpc) is 3.50. The van der Waals surface area contributed by atoms with Gasteiger partial charge in [-0.25, -0.2) is 4.79 Å². The van der Waals surface area contributed by atoms with Crippen molar-refractivity contribution in [3.63, 3.8) is 0 Å². The van der Waals surface area contributed by atoms with Crippen molar-refractivity contribution in [1.29, 1.82) is 0 Å². The Morgan fingerprint density at radius 3 is 1.86 bits per heavy atom. The Labute approximate surface area is 303 Å². The van der Waals surface area contributed by atoms with Gasteiger partial charge in [-0.2, -0.15) is 0 Å². The fourth-order valence-corrected chi connectivity index (χ4v) is 5.85. The molecule has 4 rings (SSSR count). The summed E-state index contributed by atoms with van der Waals surface area (Å²) in [7, 11) is 2.15. The van der Waals surface area contributed by atoms with Crippen molar-refractivity contribution in [3.05, 3.63) is 57.6 Å². The minimum absolute atomic E-state index is 0. The maximum absolute atomic E-state index is 11.4. The second-order valence-corrected chi connectivity index (χ2v) is 16.7. The third-order valence-electron chi connectivity index (χ3n) is 8.77. The van der Waals surface area contributed by atoms with Crippen molar-refractivity contribution in [3.8, 4) is 11.5 Å². The van der Waals surface area contributed by atoms with E-state index in [1.165, 1.54) is 17.1 Å². The van der Waals surface area contributed by atoms with Crippen LogP contribution in [-0.4, -0.2) is 105 Å². The molecule has 273 valence electrons. The molecular formula is C38H58CoN5O5+. The van der Waals surface area contributed by atoms with Crippen LogP contribution in [0.25, 0.3) is 0 Å². The Morgan fingerprint density at radius 1 is 0.796 bits per heavy atom. The number of guanidine groups is 1. The summed E-state index contributed by atoms with van der Waals surface area (Å²) in [4.78, 5) is 23.0. The Bertz CT molecular complexity index is 1590. The van der Waals surface area contributed by atoms with E-state index in [0.29, 0.717) is 18.8 Å². The molecule has 10 nitrogen and oxygen atoms in total. The summed E-state index contributed by atoms with van der Waals surface area (Å²) in [5.74, 6) is 1.84. The first-order valence-corrected chi connectivity index (χ1v) is 16.7. The molecule has 1 fully saturated rings. The Morgan fingerprint density at radius 2 is 1.33 bits per heavy atom. The van der Waals surface area contributed by atoms with Crippen LogP contribution in [-0.2, 0) is 39.6 Å². The van der Waals surface area contributed by atoms with Crippen molar-refractivity contribution >= 4 is 24.5 Å².